The Kier molecular flexibility index (Phi) is 5.93. The van der Waals surface area contributed by atoms with Crippen molar-refractivity contribution >= 4 is 22.8 Å². The van der Waals surface area contributed by atoms with E-state index in [1.54, 1.807) is 0 Å². The lowest BCUT2D eigenvalue weighted by atomic mass is 9.88. The van der Waals surface area contributed by atoms with Crippen molar-refractivity contribution in [3.8, 4) is 0 Å². The van der Waals surface area contributed by atoms with Gasteiger partial charge in [-0.25, -0.2) is 4.98 Å². The van der Waals surface area contributed by atoms with Crippen LogP contribution in [0.2, 0.25) is 0 Å². The predicted octanol–water partition coefficient (Wildman–Crippen LogP) is 3.36. The van der Waals surface area contributed by atoms with Gasteiger partial charge >= 0.3 is 0 Å². The maximum absolute atomic E-state index is 12.8. The number of carbonyl (C=O) groups excluding carboxylic acids is 1. The maximum Gasteiger partial charge on any atom is 0.225 e. The second-order valence-electron chi connectivity index (χ2n) is 9.29. The largest absolute Gasteiger partial charge is 0.353 e. The van der Waals surface area contributed by atoms with E-state index < -0.39 is 0 Å². The van der Waals surface area contributed by atoms with E-state index in [1.165, 1.54) is 50.6 Å². The number of carbonyl (C=O) groups is 1. The Hall–Kier alpha value is -2.08. The highest BCUT2D eigenvalue weighted by molar-refractivity contribution is 5.80. The SMILES string of the molecule is O=C(C1CCCCC1)N1CCN(c2ccc3ccn(CCN4CCCC4)c3n2)CC1. The Labute approximate surface area is 179 Å². The van der Waals surface area contributed by atoms with Gasteiger partial charge < -0.3 is 19.3 Å². The zero-order chi connectivity index (χ0) is 20.3. The fourth-order valence-electron chi connectivity index (χ4n) is 5.43. The molecular formula is C24H35N5O. The second kappa shape index (κ2) is 8.96. The minimum absolute atomic E-state index is 0.277. The van der Waals surface area contributed by atoms with Crippen LogP contribution in [0.5, 0.6) is 0 Å². The lowest BCUT2D eigenvalue weighted by molar-refractivity contribution is -0.136. The fourth-order valence-corrected chi connectivity index (χ4v) is 5.43. The summed E-state index contributed by atoms with van der Waals surface area (Å²) in [6.45, 7) is 8.00. The van der Waals surface area contributed by atoms with Crippen LogP contribution in [-0.4, -0.2) is 71.1 Å². The van der Waals surface area contributed by atoms with Gasteiger partial charge in [0.15, 0.2) is 0 Å². The Morgan fingerprint density at radius 3 is 2.40 bits per heavy atom. The molecule has 1 amide bonds. The van der Waals surface area contributed by atoms with Crippen molar-refractivity contribution < 1.29 is 4.79 Å². The van der Waals surface area contributed by atoms with E-state index in [0.717, 1.165) is 63.6 Å². The number of hydrogen-bond acceptors (Lipinski definition) is 4. The summed E-state index contributed by atoms with van der Waals surface area (Å²) in [5.74, 6) is 1.72. The molecule has 0 aromatic carbocycles. The molecule has 2 aromatic heterocycles. The fraction of sp³-hybridized carbons (Fsp3) is 0.667. The van der Waals surface area contributed by atoms with Gasteiger partial charge in [-0.3, -0.25) is 4.79 Å². The molecule has 6 nitrogen and oxygen atoms in total. The molecule has 1 aliphatic carbocycles. The second-order valence-corrected chi connectivity index (χ2v) is 9.29. The normalized spacial score (nSPS) is 21.6. The van der Waals surface area contributed by atoms with Gasteiger partial charge in [0.05, 0.1) is 0 Å². The molecule has 3 aliphatic rings. The lowest BCUT2D eigenvalue weighted by Gasteiger charge is -2.37. The van der Waals surface area contributed by atoms with E-state index in [0.29, 0.717) is 5.91 Å². The number of likely N-dealkylation sites (tertiary alicyclic amines) is 1. The first-order chi connectivity index (χ1) is 14.8. The van der Waals surface area contributed by atoms with Crippen molar-refractivity contribution in [2.45, 2.75) is 51.5 Å². The molecule has 0 atom stereocenters. The van der Waals surface area contributed by atoms with E-state index in [2.05, 4.69) is 43.7 Å². The van der Waals surface area contributed by atoms with Gasteiger partial charge in [0.2, 0.25) is 5.91 Å². The first kappa shape index (κ1) is 19.9. The number of piperazine rings is 1. The quantitative estimate of drug-likeness (QED) is 0.760. The third-order valence-corrected chi connectivity index (χ3v) is 7.32. The van der Waals surface area contributed by atoms with Crippen LogP contribution in [0.25, 0.3) is 11.0 Å². The average molecular weight is 410 g/mol. The molecule has 0 bridgehead atoms. The molecule has 4 heterocycles. The van der Waals surface area contributed by atoms with Gasteiger partial charge in [0.1, 0.15) is 11.5 Å². The lowest BCUT2D eigenvalue weighted by Crippen LogP contribution is -2.50. The van der Waals surface area contributed by atoms with Crippen molar-refractivity contribution in [3.63, 3.8) is 0 Å². The minimum Gasteiger partial charge on any atom is -0.353 e. The number of pyridine rings is 1. The molecule has 6 heteroatoms. The van der Waals surface area contributed by atoms with E-state index in [9.17, 15) is 4.79 Å². The van der Waals surface area contributed by atoms with Crippen molar-refractivity contribution in [1.29, 1.82) is 0 Å². The van der Waals surface area contributed by atoms with E-state index >= 15 is 0 Å². The van der Waals surface area contributed by atoms with Crippen LogP contribution in [0.3, 0.4) is 0 Å². The molecule has 3 fully saturated rings. The summed E-state index contributed by atoms with van der Waals surface area (Å²) >= 11 is 0. The smallest absolute Gasteiger partial charge is 0.225 e. The zero-order valence-corrected chi connectivity index (χ0v) is 18.1. The summed E-state index contributed by atoms with van der Waals surface area (Å²) in [7, 11) is 0. The Morgan fingerprint density at radius 2 is 1.63 bits per heavy atom. The third kappa shape index (κ3) is 4.20. The maximum atomic E-state index is 12.8. The Morgan fingerprint density at radius 1 is 0.867 bits per heavy atom. The molecule has 162 valence electrons. The van der Waals surface area contributed by atoms with E-state index in [4.69, 9.17) is 4.98 Å². The molecule has 5 rings (SSSR count). The monoisotopic (exact) mass is 409 g/mol. The summed E-state index contributed by atoms with van der Waals surface area (Å²) < 4.78 is 2.31. The van der Waals surface area contributed by atoms with Gasteiger partial charge in [-0.2, -0.15) is 0 Å². The average Bonchev–Trinajstić information content (AvgIpc) is 3.47. The van der Waals surface area contributed by atoms with Crippen LogP contribution in [0.15, 0.2) is 24.4 Å². The van der Waals surface area contributed by atoms with Gasteiger partial charge in [0, 0.05) is 56.8 Å². The molecule has 2 aromatic rings. The standard InChI is InChI=1S/C24H35N5O/c30-24(21-6-2-1-3-7-21)29-18-16-27(17-19-29)22-9-8-20-10-13-28(23(20)25-22)15-14-26-11-4-5-12-26/h8-10,13,21H,1-7,11-12,14-19H2. The number of amides is 1. The van der Waals surface area contributed by atoms with Crippen LogP contribution in [0.4, 0.5) is 5.82 Å². The van der Waals surface area contributed by atoms with Crippen LogP contribution in [0.1, 0.15) is 44.9 Å². The van der Waals surface area contributed by atoms with Gasteiger partial charge in [0.25, 0.3) is 0 Å². The number of nitrogens with zero attached hydrogens (tertiary/aromatic N) is 5. The first-order valence-electron chi connectivity index (χ1n) is 12.0. The number of anilines is 1. The third-order valence-electron chi connectivity index (χ3n) is 7.32. The summed E-state index contributed by atoms with van der Waals surface area (Å²) in [5.41, 5.74) is 1.09. The van der Waals surface area contributed by atoms with E-state index in [1.807, 2.05) is 0 Å². The molecule has 2 saturated heterocycles. The molecule has 30 heavy (non-hydrogen) atoms. The van der Waals surface area contributed by atoms with Crippen molar-refractivity contribution in [3.05, 3.63) is 24.4 Å². The number of rotatable bonds is 5. The van der Waals surface area contributed by atoms with Gasteiger partial charge in [-0.1, -0.05) is 19.3 Å². The molecule has 0 N–H and O–H groups in total. The number of hydrogen-bond donors (Lipinski definition) is 0. The van der Waals surface area contributed by atoms with Crippen molar-refractivity contribution in [1.82, 2.24) is 19.4 Å². The number of fused-ring (bicyclic) bond motifs is 1. The van der Waals surface area contributed by atoms with Crippen LogP contribution in [0, 0.1) is 5.92 Å². The summed E-state index contributed by atoms with van der Waals surface area (Å²) in [5, 5.41) is 1.21. The van der Waals surface area contributed by atoms with Crippen LogP contribution >= 0.6 is 0 Å². The van der Waals surface area contributed by atoms with Crippen molar-refractivity contribution in [2.24, 2.45) is 5.92 Å². The highest BCUT2D eigenvalue weighted by Crippen LogP contribution is 2.26. The molecule has 0 radical (unpaired) electrons. The summed E-state index contributed by atoms with van der Waals surface area (Å²) in [6.07, 6.45) is 10.8. The van der Waals surface area contributed by atoms with Crippen LogP contribution in [-0.2, 0) is 11.3 Å². The van der Waals surface area contributed by atoms with E-state index in [-0.39, 0.29) is 5.92 Å². The molecular weight excluding hydrogens is 374 g/mol. The van der Waals surface area contributed by atoms with Gasteiger partial charge in [-0.15, -0.1) is 0 Å². The first-order valence-corrected chi connectivity index (χ1v) is 12.0. The highest BCUT2D eigenvalue weighted by Gasteiger charge is 2.28. The minimum atomic E-state index is 0.277. The predicted molar refractivity (Wildman–Crippen MR) is 121 cm³/mol. The molecule has 2 aliphatic heterocycles. The summed E-state index contributed by atoms with van der Waals surface area (Å²) in [4.78, 5) is 24.9. The van der Waals surface area contributed by atoms with Gasteiger partial charge in [-0.05, 0) is 57.0 Å². The molecule has 0 unspecified atom stereocenters. The van der Waals surface area contributed by atoms with Crippen molar-refractivity contribution in [2.75, 3.05) is 50.7 Å². The zero-order valence-electron chi connectivity index (χ0n) is 18.1. The Bertz CT molecular complexity index is 858. The molecule has 1 saturated carbocycles. The Balaban J connectivity index is 1.22. The highest BCUT2D eigenvalue weighted by atomic mass is 16.2. The van der Waals surface area contributed by atoms with Crippen LogP contribution < -0.4 is 4.90 Å². The number of aromatic nitrogens is 2. The summed E-state index contributed by atoms with van der Waals surface area (Å²) in [6, 6.07) is 6.52. The topological polar surface area (TPSA) is 44.6 Å². The molecule has 0 spiro atoms.